The third kappa shape index (κ3) is 4.86. The van der Waals surface area contributed by atoms with Gasteiger partial charge >= 0.3 is 5.97 Å². The topological polar surface area (TPSA) is 69.7 Å². The van der Waals surface area contributed by atoms with Crippen LogP contribution in [0, 0.1) is 0 Å². The first-order chi connectivity index (χ1) is 5.52. The largest absolute Gasteiger partial charge is 0.468 e. The highest BCUT2D eigenvalue weighted by Crippen LogP contribution is 1.94. The Morgan fingerprint density at radius 2 is 2.17 bits per heavy atom. The van der Waals surface area contributed by atoms with Crippen LogP contribution in [0.5, 0.6) is 0 Å². The fourth-order valence-electron chi connectivity index (χ4n) is 0.397. The lowest BCUT2D eigenvalue weighted by molar-refractivity contribution is -0.137. The van der Waals surface area contributed by atoms with E-state index < -0.39 is 21.8 Å². The van der Waals surface area contributed by atoms with Crippen molar-refractivity contribution in [3.05, 3.63) is 12.7 Å². The Bertz CT molecular complexity index is 253. The number of carbonyl (C=O) groups is 1. The number of methoxy groups -OCH3 is 1. The molecule has 12 heavy (non-hydrogen) atoms. The van der Waals surface area contributed by atoms with Gasteiger partial charge in [0, 0.05) is 0 Å². The molecule has 0 aromatic rings. The molecule has 0 heterocycles. The van der Waals surface area contributed by atoms with Crippen molar-refractivity contribution in [3.63, 3.8) is 0 Å². The fraction of sp³-hybridized carbons (Fsp3) is 0.500. The highest BCUT2D eigenvalue weighted by Gasteiger charge is 2.16. The molecule has 0 amide bonds. The summed E-state index contributed by atoms with van der Waals surface area (Å²) in [5, 5.41) is 0. The summed E-state index contributed by atoms with van der Waals surface area (Å²) in [5.74, 6) is -1.61. The number of hydrogen-bond acceptors (Lipinski definition) is 5. The van der Waals surface area contributed by atoms with Gasteiger partial charge in [-0.1, -0.05) is 6.08 Å². The van der Waals surface area contributed by atoms with Crippen molar-refractivity contribution in [2.45, 2.75) is 0 Å². The Labute approximate surface area is 71.1 Å². The second-order valence-electron chi connectivity index (χ2n) is 1.85. The molecule has 0 saturated heterocycles. The third-order valence-corrected chi connectivity index (χ3v) is 1.97. The summed E-state index contributed by atoms with van der Waals surface area (Å²) in [6.45, 7) is 3.12. The lowest BCUT2D eigenvalue weighted by Crippen LogP contribution is -2.19. The SMILES string of the molecule is C=CCOS(=O)(=O)CC(=O)OC. The maximum atomic E-state index is 10.8. The number of carbonyl (C=O) groups excluding carboxylic acids is 1. The molecule has 0 N–H and O–H groups in total. The molecular formula is C6H10O5S. The molecule has 0 radical (unpaired) electrons. The smallest absolute Gasteiger partial charge is 0.323 e. The molecule has 0 aromatic carbocycles. The van der Waals surface area contributed by atoms with Crippen molar-refractivity contribution in [3.8, 4) is 0 Å². The Hall–Kier alpha value is -0.880. The molecule has 0 fully saturated rings. The van der Waals surface area contributed by atoms with Crippen molar-refractivity contribution in [2.24, 2.45) is 0 Å². The summed E-state index contributed by atoms with van der Waals surface area (Å²) in [6.07, 6.45) is 1.27. The standard InChI is InChI=1S/C6H10O5S/c1-3-4-11-12(8,9)5-6(7)10-2/h3H,1,4-5H2,2H3. The molecule has 0 spiro atoms. The molecule has 6 heteroatoms. The summed E-state index contributed by atoms with van der Waals surface area (Å²) in [4.78, 5) is 10.5. The van der Waals surface area contributed by atoms with E-state index in [1.807, 2.05) is 0 Å². The van der Waals surface area contributed by atoms with E-state index in [2.05, 4.69) is 15.5 Å². The van der Waals surface area contributed by atoms with Crippen LogP contribution in [0.1, 0.15) is 0 Å². The summed E-state index contributed by atoms with van der Waals surface area (Å²) in [7, 11) is -2.70. The number of rotatable bonds is 5. The normalized spacial score (nSPS) is 10.8. The highest BCUT2D eigenvalue weighted by molar-refractivity contribution is 7.87. The summed E-state index contributed by atoms with van der Waals surface area (Å²) >= 11 is 0. The van der Waals surface area contributed by atoms with Gasteiger partial charge in [-0.05, 0) is 0 Å². The minimum atomic E-state index is -3.80. The maximum Gasteiger partial charge on any atom is 0.323 e. The molecule has 0 aliphatic heterocycles. The third-order valence-electron chi connectivity index (χ3n) is 0.888. The van der Waals surface area contributed by atoms with Crippen molar-refractivity contribution < 1.29 is 22.1 Å². The Kier molecular flexibility index (Phi) is 4.53. The van der Waals surface area contributed by atoms with Crippen molar-refractivity contribution in [2.75, 3.05) is 19.5 Å². The summed E-state index contributed by atoms with van der Waals surface area (Å²) < 4.78 is 30.0. The van der Waals surface area contributed by atoms with Crippen molar-refractivity contribution >= 4 is 16.1 Å². The van der Waals surface area contributed by atoms with Gasteiger partial charge in [-0.3, -0.25) is 8.98 Å². The van der Waals surface area contributed by atoms with Crippen LogP contribution in [0.15, 0.2) is 12.7 Å². The Morgan fingerprint density at radius 3 is 2.58 bits per heavy atom. The van der Waals surface area contributed by atoms with Crippen molar-refractivity contribution in [1.82, 2.24) is 0 Å². The predicted molar refractivity (Wildman–Crippen MR) is 42.0 cm³/mol. The second kappa shape index (κ2) is 4.89. The van der Waals surface area contributed by atoms with Gasteiger partial charge in [0.15, 0.2) is 5.75 Å². The summed E-state index contributed by atoms with van der Waals surface area (Å²) in [6, 6.07) is 0. The van der Waals surface area contributed by atoms with Gasteiger partial charge in [0.2, 0.25) is 0 Å². The quantitative estimate of drug-likeness (QED) is 0.341. The van der Waals surface area contributed by atoms with Crippen LogP contribution >= 0.6 is 0 Å². The molecule has 0 atom stereocenters. The first kappa shape index (κ1) is 11.1. The van der Waals surface area contributed by atoms with Gasteiger partial charge in [-0.2, -0.15) is 8.42 Å². The van der Waals surface area contributed by atoms with E-state index >= 15 is 0 Å². The van der Waals surface area contributed by atoms with Crippen LogP contribution in [0.3, 0.4) is 0 Å². The summed E-state index contributed by atoms with van der Waals surface area (Å²) in [5.41, 5.74) is 0. The van der Waals surface area contributed by atoms with Crippen LogP contribution < -0.4 is 0 Å². The first-order valence-electron chi connectivity index (χ1n) is 3.06. The highest BCUT2D eigenvalue weighted by atomic mass is 32.2. The van der Waals surface area contributed by atoms with Gasteiger partial charge in [-0.15, -0.1) is 6.58 Å². The molecule has 0 saturated carbocycles. The molecular weight excluding hydrogens is 184 g/mol. The second-order valence-corrected chi connectivity index (χ2v) is 3.49. The van der Waals surface area contributed by atoms with Gasteiger partial charge in [0.25, 0.3) is 10.1 Å². The fourth-order valence-corrected chi connectivity index (χ4v) is 1.19. The molecule has 0 rings (SSSR count). The number of hydrogen-bond donors (Lipinski definition) is 0. The molecule has 5 nitrogen and oxygen atoms in total. The van der Waals surface area contributed by atoms with E-state index in [1.165, 1.54) is 6.08 Å². The van der Waals surface area contributed by atoms with E-state index in [0.29, 0.717) is 0 Å². The lowest BCUT2D eigenvalue weighted by atomic mass is 10.7. The van der Waals surface area contributed by atoms with Crippen LogP contribution in [0.2, 0.25) is 0 Å². The van der Waals surface area contributed by atoms with Crippen LogP contribution in [-0.4, -0.2) is 33.9 Å². The minimum absolute atomic E-state index is 0.140. The van der Waals surface area contributed by atoms with Crippen LogP contribution in [0.25, 0.3) is 0 Å². The van der Waals surface area contributed by atoms with Gasteiger partial charge < -0.3 is 4.74 Å². The average molecular weight is 194 g/mol. The van der Waals surface area contributed by atoms with Gasteiger partial charge in [0.1, 0.15) is 0 Å². The Morgan fingerprint density at radius 1 is 1.58 bits per heavy atom. The number of ether oxygens (including phenoxy) is 1. The lowest BCUT2D eigenvalue weighted by Gasteiger charge is -2.00. The molecule has 0 bridgehead atoms. The van der Waals surface area contributed by atoms with E-state index in [1.54, 1.807) is 0 Å². The average Bonchev–Trinajstić information content (AvgIpc) is 2.00. The van der Waals surface area contributed by atoms with E-state index in [0.717, 1.165) is 7.11 Å². The van der Waals surface area contributed by atoms with Crippen LogP contribution in [0.4, 0.5) is 0 Å². The zero-order valence-corrected chi connectivity index (χ0v) is 7.46. The van der Waals surface area contributed by atoms with Crippen molar-refractivity contribution in [1.29, 1.82) is 0 Å². The Balaban J connectivity index is 4.05. The molecule has 0 aliphatic carbocycles. The van der Waals surface area contributed by atoms with E-state index in [9.17, 15) is 13.2 Å². The molecule has 0 unspecified atom stereocenters. The number of esters is 1. The van der Waals surface area contributed by atoms with E-state index in [-0.39, 0.29) is 6.61 Å². The molecule has 70 valence electrons. The predicted octanol–water partition coefficient (Wildman–Crippen LogP) is -0.308. The molecule has 0 aliphatic rings. The maximum absolute atomic E-state index is 10.8. The van der Waals surface area contributed by atoms with Gasteiger partial charge in [-0.25, -0.2) is 0 Å². The first-order valence-corrected chi connectivity index (χ1v) is 4.64. The van der Waals surface area contributed by atoms with E-state index in [4.69, 9.17) is 0 Å². The van der Waals surface area contributed by atoms with Gasteiger partial charge in [0.05, 0.1) is 13.7 Å². The molecule has 0 aromatic heterocycles. The zero-order chi connectivity index (χ0) is 9.61. The van der Waals surface area contributed by atoms with Crippen LogP contribution in [-0.2, 0) is 23.8 Å². The zero-order valence-electron chi connectivity index (χ0n) is 6.65. The minimum Gasteiger partial charge on any atom is -0.468 e. The monoisotopic (exact) mass is 194 g/mol.